The summed E-state index contributed by atoms with van der Waals surface area (Å²) >= 11 is 3.15. The first-order chi connectivity index (χ1) is 30.2. The maximum atomic E-state index is 13.0. The summed E-state index contributed by atoms with van der Waals surface area (Å²) in [7, 11) is 6.15. The fourth-order valence-electron chi connectivity index (χ4n) is 7.34. The minimum atomic E-state index is -1.55. The molecule has 9 rings (SSSR count). The zero-order chi connectivity index (χ0) is 45.2. The van der Waals surface area contributed by atoms with Crippen LogP contribution in [0.3, 0.4) is 0 Å². The molecule has 0 radical (unpaired) electrons. The third kappa shape index (κ3) is 8.35. The molecule has 8 amide bonds. The van der Waals surface area contributed by atoms with Crippen molar-refractivity contribution in [3.8, 4) is 41.1 Å². The number of methoxy groups -OCH3 is 4. The van der Waals surface area contributed by atoms with Crippen molar-refractivity contribution in [3.63, 3.8) is 0 Å². The maximum Gasteiger partial charge on any atom is 0.323 e. The number of terminal acetylenes is 1. The summed E-state index contributed by atoms with van der Waals surface area (Å²) in [5.41, 5.74) is 0.0836. The van der Waals surface area contributed by atoms with Gasteiger partial charge in [0, 0.05) is 41.7 Å². The highest BCUT2D eigenvalue weighted by Crippen LogP contribution is 2.36. The number of amides is 8. The summed E-state index contributed by atoms with van der Waals surface area (Å²) in [4.78, 5) is 76.7. The number of furan rings is 1. The third-order valence-electron chi connectivity index (χ3n) is 10.7. The van der Waals surface area contributed by atoms with Gasteiger partial charge in [-0.2, -0.15) is 0 Å². The monoisotopic (exact) mass is 922 g/mol. The normalized spacial score (nSPS) is 19.4. The molecule has 19 heteroatoms. The van der Waals surface area contributed by atoms with Crippen LogP contribution in [0.1, 0.15) is 37.6 Å². The van der Waals surface area contributed by atoms with Crippen LogP contribution >= 0.6 is 15.9 Å². The van der Waals surface area contributed by atoms with Crippen molar-refractivity contribution in [2.75, 3.05) is 41.5 Å². The number of hydrogen-bond donors (Lipinski definition) is 5. The number of fused-ring (bicyclic) bond motifs is 3. The van der Waals surface area contributed by atoms with Crippen LogP contribution in [0.15, 0.2) is 87.8 Å². The second kappa shape index (κ2) is 17.3. The van der Waals surface area contributed by atoms with E-state index in [1.165, 1.54) is 24.0 Å². The molecule has 2 atom stereocenters. The Labute approximate surface area is 367 Å². The Morgan fingerprint density at radius 2 is 1.19 bits per heavy atom. The number of rotatable bonds is 9. The van der Waals surface area contributed by atoms with Crippen molar-refractivity contribution in [3.05, 3.63) is 111 Å². The average Bonchev–Trinajstić information content (AvgIpc) is 4.07. The molecule has 0 aliphatic carbocycles. The molecule has 4 aliphatic rings. The van der Waals surface area contributed by atoms with Crippen molar-refractivity contribution >= 4 is 62.6 Å². The van der Waals surface area contributed by atoms with Crippen molar-refractivity contribution in [1.82, 2.24) is 31.1 Å². The quantitative estimate of drug-likeness (QED) is 0.104. The molecule has 63 heavy (non-hydrogen) atoms. The number of urea groups is 2. The van der Waals surface area contributed by atoms with E-state index in [-0.39, 0.29) is 36.4 Å². The Balaban J connectivity index is 0.000000161. The predicted octanol–water partition coefficient (Wildman–Crippen LogP) is 4.17. The highest BCUT2D eigenvalue weighted by atomic mass is 79.9. The van der Waals surface area contributed by atoms with Gasteiger partial charge in [-0.05, 0) is 81.7 Å². The van der Waals surface area contributed by atoms with Gasteiger partial charge >= 0.3 is 12.1 Å². The number of phenolic OH excluding ortho intramolecular Hbond substituents is 1. The summed E-state index contributed by atoms with van der Waals surface area (Å²) < 4.78 is 27.0. The van der Waals surface area contributed by atoms with Gasteiger partial charge in [-0.1, -0.05) is 18.1 Å². The summed E-state index contributed by atoms with van der Waals surface area (Å²) in [5.74, 6) is 3.42. The van der Waals surface area contributed by atoms with Crippen molar-refractivity contribution in [2.24, 2.45) is 0 Å². The van der Waals surface area contributed by atoms with E-state index in [9.17, 15) is 28.8 Å². The molecule has 4 aliphatic heterocycles. The first-order valence-electron chi connectivity index (χ1n) is 18.9. The highest BCUT2D eigenvalue weighted by molar-refractivity contribution is 9.10. The molecule has 4 aromatic carbocycles. The Morgan fingerprint density at radius 3 is 1.70 bits per heavy atom. The molecule has 5 N–H and O–H groups in total. The van der Waals surface area contributed by atoms with Crippen LogP contribution < -0.4 is 40.2 Å². The molecular formula is C44H39BrN6O12. The average molecular weight is 924 g/mol. The van der Waals surface area contributed by atoms with E-state index in [0.717, 1.165) is 16.5 Å². The van der Waals surface area contributed by atoms with Gasteiger partial charge in [0.25, 0.3) is 23.6 Å². The van der Waals surface area contributed by atoms with Gasteiger partial charge in [-0.15, -0.1) is 6.42 Å². The van der Waals surface area contributed by atoms with Gasteiger partial charge in [-0.25, -0.2) is 9.59 Å². The van der Waals surface area contributed by atoms with Crippen LogP contribution in [0.2, 0.25) is 0 Å². The standard InChI is InChI=1S/C22H19N3O6.C15H13N3O4.C7H7BrO2/c1-29-14-6-4-13-10-25(19(26)16(13)8-14)11-22(20(27)23-21(28)24-22)18-7-12-3-5-15(30-2)9-17(12)31-18;1-3-15(13(20)16-14(21)17-15)8-18-7-9-4-5-10(22-2)6-11(9)12(18)19;1-10-5-2-3-6(8)7(9)4-5/h3-9H,10-11H2,1-2H3,(H2,23,24,27,28);1,4-6H,7-8H2,2H3,(H2,16,17,20,21);2-4,9H,1H3/t22-;15-;/m01./s1. The number of carbonyl (C=O) groups is 6. The third-order valence-corrected chi connectivity index (χ3v) is 11.3. The molecule has 0 saturated carbocycles. The molecule has 0 bridgehead atoms. The lowest BCUT2D eigenvalue weighted by Crippen LogP contribution is -2.54. The molecule has 5 aromatic rings. The van der Waals surface area contributed by atoms with Crippen LogP contribution in [-0.4, -0.2) is 97.7 Å². The molecule has 2 fully saturated rings. The van der Waals surface area contributed by atoms with E-state index in [4.69, 9.17) is 34.9 Å². The summed E-state index contributed by atoms with van der Waals surface area (Å²) in [5, 5.41) is 19.3. The molecule has 2 saturated heterocycles. The predicted molar refractivity (Wildman–Crippen MR) is 227 cm³/mol. The number of benzene rings is 4. The fourth-order valence-corrected chi connectivity index (χ4v) is 7.58. The second-order valence-corrected chi connectivity index (χ2v) is 15.3. The van der Waals surface area contributed by atoms with E-state index in [1.807, 2.05) is 6.07 Å². The number of nitrogens with zero attached hydrogens (tertiary/aromatic N) is 2. The van der Waals surface area contributed by atoms with Gasteiger partial charge in [0.15, 0.2) is 11.1 Å². The smallest absolute Gasteiger partial charge is 0.323 e. The number of phenols is 1. The number of hydrogen-bond acceptors (Lipinski definition) is 12. The van der Waals surface area contributed by atoms with E-state index in [0.29, 0.717) is 57.3 Å². The van der Waals surface area contributed by atoms with Crippen LogP contribution in [0.4, 0.5) is 9.59 Å². The number of nitrogens with one attached hydrogen (secondary N) is 4. The van der Waals surface area contributed by atoms with Gasteiger partial charge in [-0.3, -0.25) is 29.8 Å². The number of halogens is 1. The summed E-state index contributed by atoms with van der Waals surface area (Å²) in [6.07, 6.45) is 5.41. The van der Waals surface area contributed by atoms with Gasteiger partial charge in [0.2, 0.25) is 0 Å². The van der Waals surface area contributed by atoms with Gasteiger partial charge in [0.1, 0.15) is 40.1 Å². The Hall–Kier alpha value is -7.72. The molecule has 324 valence electrons. The molecule has 1 aromatic heterocycles. The molecule has 0 spiro atoms. The van der Waals surface area contributed by atoms with Gasteiger partial charge < -0.3 is 48.9 Å². The van der Waals surface area contributed by atoms with Crippen molar-refractivity contribution in [1.29, 1.82) is 0 Å². The van der Waals surface area contributed by atoms with Crippen LogP contribution in [0.5, 0.6) is 28.7 Å². The minimum absolute atomic E-state index is 0.0860. The fraction of sp³-hybridized carbons (Fsp3) is 0.227. The van der Waals surface area contributed by atoms with Crippen molar-refractivity contribution in [2.45, 2.75) is 24.2 Å². The van der Waals surface area contributed by atoms with Crippen LogP contribution in [0, 0.1) is 12.3 Å². The number of aromatic hydroxyl groups is 1. The number of imide groups is 2. The summed E-state index contributed by atoms with van der Waals surface area (Å²) in [6.45, 7) is 0.454. The Morgan fingerprint density at radius 1 is 0.683 bits per heavy atom. The first kappa shape index (κ1) is 43.4. The SMILES string of the molecule is C#C[C@]1(CN2Cc3ccc(OC)cc3C2=O)NC(=O)NC1=O.COc1ccc(Br)c(O)c1.COc1ccc2c(c1)C(=O)N(C[C@@]1(c3cc4ccc(OC)cc4o3)NC(=O)NC1=O)C2. The zero-order valence-corrected chi connectivity index (χ0v) is 35.7. The van der Waals surface area contributed by atoms with E-state index in [1.54, 1.807) is 87.0 Å². The second-order valence-electron chi connectivity index (χ2n) is 14.5. The number of carbonyl (C=O) groups excluding carboxylic acids is 6. The summed E-state index contributed by atoms with van der Waals surface area (Å²) in [6, 6.07) is 21.2. The zero-order valence-electron chi connectivity index (χ0n) is 34.1. The van der Waals surface area contributed by atoms with Crippen LogP contribution in [-0.2, 0) is 28.2 Å². The molecule has 0 unspecified atom stereocenters. The van der Waals surface area contributed by atoms with Gasteiger partial charge in [0.05, 0.1) is 46.0 Å². The van der Waals surface area contributed by atoms with E-state index in [2.05, 4.69) is 43.1 Å². The van der Waals surface area contributed by atoms with Crippen LogP contribution in [0.25, 0.3) is 11.0 Å². The number of ether oxygens (including phenoxy) is 4. The topological polar surface area (TPSA) is 227 Å². The molecule has 5 heterocycles. The van der Waals surface area contributed by atoms with Crippen molar-refractivity contribution < 1.29 is 57.2 Å². The van der Waals surface area contributed by atoms with E-state index >= 15 is 0 Å². The van der Waals surface area contributed by atoms with E-state index < -0.39 is 35.0 Å². The lowest BCUT2D eigenvalue weighted by molar-refractivity contribution is -0.125. The first-order valence-corrected chi connectivity index (χ1v) is 19.7. The molecule has 18 nitrogen and oxygen atoms in total. The Bertz CT molecular complexity index is 2750. The highest BCUT2D eigenvalue weighted by Gasteiger charge is 2.53. The maximum absolute atomic E-state index is 13.0. The lowest BCUT2D eigenvalue weighted by Gasteiger charge is -2.29. The Kier molecular flexibility index (Phi) is 11.9. The lowest BCUT2D eigenvalue weighted by atomic mass is 9.95. The largest absolute Gasteiger partial charge is 0.507 e. The minimum Gasteiger partial charge on any atom is -0.507 e. The molecular weight excluding hydrogens is 884 g/mol.